The molecule has 5 heteroatoms. The van der Waals surface area contributed by atoms with Crippen LogP contribution in [0, 0.1) is 0 Å². The summed E-state index contributed by atoms with van der Waals surface area (Å²) >= 11 is 0. The van der Waals surface area contributed by atoms with Gasteiger partial charge in [0.05, 0.1) is 23.3 Å². The van der Waals surface area contributed by atoms with Crippen molar-refractivity contribution in [2.24, 2.45) is 0 Å². The van der Waals surface area contributed by atoms with Crippen molar-refractivity contribution in [3.63, 3.8) is 0 Å². The van der Waals surface area contributed by atoms with E-state index in [1.165, 1.54) is 19.3 Å². The zero-order valence-electron chi connectivity index (χ0n) is 17.8. The summed E-state index contributed by atoms with van der Waals surface area (Å²) in [5.74, 6) is 0. The molecule has 0 amide bonds. The van der Waals surface area contributed by atoms with Crippen molar-refractivity contribution in [3.8, 4) is 0 Å². The molecule has 0 radical (unpaired) electrons. The summed E-state index contributed by atoms with van der Waals surface area (Å²) in [4.78, 5) is 22.5. The summed E-state index contributed by atoms with van der Waals surface area (Å²) in [5, 5.41) is 12.5. The molecule has 5 rings (SSSR count). The lowest BCUT2D eigenvalue weighted by molar-refractivity contribution is 0.199. The van der Waals surface area contributed by atoms with Crippen LogP contribution in [0.15, 0.2) is 59.9 Å². The molecule has 0 saturated heterocycles. The molecule has 1 aliphatic carbocycles. The monoisotopic (exact) mass is 413 g/mol. The molecule has 1 saturated carbocycles. The molecule has 1 fully saturated rings. The van der Waals surface area contributed by atoms with Gasteiger partial charge in [-0.3, -0.25) is 14.3 Å². The standard InChI is InChI=1S/C26H27N3O2/c1-17(30)19-9-7-18(8-10-19)13-20-14-23-25(22-11-12-27-15-24(20)22)28-16-29(26(23)31)21-5-3-2-4-6-21/h7-12,14-17,21,30H,2-6,13H2,1H3. The molecular formula is C26H27N3O2. The van der Waals surface area contributed by atoms with Crippen molar-refractivity contribution < 1.29 is 5.11 Å². The third-order valence-corrected chi connectivity index (χ3v) is 6.60. The van der Waals surface area contributed by atoms with E-state index in [1.54, 1.807) is 19.4 Å². The van der Waals surface area contributed by atoms with E-state index in [2.05, 4.69) is 4.98 Å². The fourth-order valence-electron chi connectivity index (χ4n) is 4.84. The number of benzene rings is 2. The molecule has 1 atom stereocenters. The highest BCUT2D eigenvalue weighted by Gasteiger charge is 2.19. The molecule has 1 aliphatic rings. The second kappa shape index (κ2) is 8.23. The Labute approximate surface area is 181 Å². The van der Waals surface area contributed by atoms with Gasteiger partial charge in [-0.2, -0.15) is 0 Å². The molecule has 0 spiro atoms. The topological polar surface area (TPSA) is 68.0 Å². The fraction of sp³-hybridized carbons (Fsp3) is 0.346. The number of fused-ring (bicyclic) bond motifs is 3. The average molecular weight is 414 g/mol. The fourth-order valence-corrected chi connectivity index (χ4v) is 4.84. The van der Waals surface area contributed by atoms with Crippen molar-refractivity contribution in [1.82, 2.24) is 14.5 Å². The lowest BCUT2D eigenvalue weighted by Gasteiger charge is -2.24. The number of hydrogen-bond acceptors (Lipinski definition) is 4. The Hall–Kier alpha value is -3.05. The highest BCUT2D eigenvalue weighted by atomic mass is 16.3. The van der Waals surface area contributed by atoms with Crippen LogP contribution in [0.25, 0.3) is 21.7 Å². The molecule has 158 valence electrons. The van der Waals surface area contributed by atoms with Gasteiger partial charge in [0.15, 0.2) is 0 Å². The molecule has 0 bridgehead atoms. The zero-order chi connectivity index (χ0) is 21.4. The third-order valence-electron chi connectivity index (χ3n) is 6.60. The highest BCUT2D eigenvalue weighted by Crippen LogP contribution is 2.30. The van der Waals surface area contributed by atoms with E-state index < -0.39 is 6.10 Å². The van der Waals surface area contributed by atoms with Crippen molar-refractivity contribution in [3.05, 3.63) is 82.2 Å². The Morgan fingerprint density at radius 1 is 1.06 bits per heavy atom. The minimum atomic E-state index is -0.482. The van der Waals surface area contributed by atoms with E-state index in [-0.39, 0.29) is 11.6 Å². The van der Waals surface area contributed by atoms with Gasteiger partial charge in [0, 0.05) is 29.2 Å². The zero-order valence-corrected chi connectivity index (χ0v) is 17.8. The second-order valence-corrected chi connectivity index (χ2v) is 8.70. The molecule has 1 N–H and O–H groups in total. The minimum absolute atomic E-state index is 0.0568. The molecule has 1 unspecified atom stereocenters. The first-order chi connectivity index (χ1) is 15.1. The van der Waals surface area contributed by atoms with Crippen LogP contribution < -0.4 is 5.56 Å². The Balaban J connectivity index is 1.64. The van der Waals surface area contributed by atoms with Gasteiger partial charge in [0.1, 0.15) is 0 Å². The predicted octanol–water partition coefficient (Wildman–Crippen LogP) is 5.09. The summed E-state index contributed by atoms with van der Waals surface area (Å²) in [6.45, 7) is 1.77. The number of rotatable bonds is 4. The summed E-state index contributed by atoms with van der Waals surface area (Å²) in [6.07, 6.45) is 11.3. The SMILES string of the molecule is CC(O)c1ccc(Cc2cc3c(=O)n(C4CCCCC4)cnc3c3ccncc23)cc1. The summed E-state index contributed by atoms with van der Waals surface area (Å²) in [6, 6.07) is 12.2. The molecule has 2 heterocycles. The van der Waals surface area contributed by atoms with Gasteiger partial charge in [-0.1, -0.05) is 43.5 Å². The highest BCUT2D eigenvalue weighted by molar-refractivity contribution is 6.06. The normalized spacial score (nSPS) is 16.1. The first-order valence-electron chi connectivity index (χ1n) is 11.1. The molecule has 0 aliphatic heterocycles. The van der Waals surface area contributed by atoms with E-state index in [9.17, 15) is 9.90 Å². The van der Waals surface area contributed by atoms with Crippen molar-refractivity contribution in [2.45, 2.75) is 57.6 Å². The lowest BCUT2D eigenvalue weighted by atomic mass is 9.94. The summed E-state index contributed by atoms with van der Waals surface area (Å²) < 4.78 is 1.86. The molecular weight excluding hydrogens is 386 g/mol. The van der Waals surface area contributed by atoms with Gasteiger partial charge >= 0.3 is 0 Å². The number of nitrogens with zero attached hydrogens (tertiary/aromatic N) is 3. The van der Waals surface area contributed by atoms with Crippen LogP contribution in [-0.2, 0) is 6.42 Å². The van der Waals surface area contributed by atoms with Crippen LogP contribution >= 0.6 is 0 Å². The van der Waals surface area contributed by atoms with E-state index in [0.29, 0.717) is 11.8 Å². The van der Waals surface area contributed by atoms with Gasteiger partial charge in [0.2, 0.25) is 0 Å². The van der Waals surface area contributed by atoms with Crippen LogP contribution in [0.4, 0.5) is 0 Å². The number of pyridine rings is 1. The van der Waals surface area contributed by atoms with Gasteiger partial charge in [0.25, 0.3) is 5.56 Å². The molecule has 4 aromatic rings. The number of aliphatic hydroxyl groups excluding tert-OH is 1. The number of aliphatic hydroxyl groups is 1. The van der Waals surface area contributed by atoms with Gasteiger partial charge < -0.3 is 5.11 Å². The Morgan fingerprint density at radius 2 is 1.84 bits per heavy atom. The number of aromatic nitrogens is 3. The first kappa shape index (κ1) is 19.9. The average Bonchev–Trinajstić information content (AvgIpc) is 2.81. The van der Waals surface area contributed by atoms with Crippen molar-refractivity contribution >= 4 is 21.7 Å². The van der Waals surface area contributed by atoms with Crippen LogP contribution in [0.5, 0.6) is 0 Å². The predicted molar refractivity (Wildman–Crippen MR) is 123 cm³/mol. The maximum absolute atomic E-state index is 13.5. The van der Waals surface area contributed by atoms with Crippen LogP contribution in [0.2, 0.25) is 0 Å². The van der Waals surface area contributed by atoms with Crippen molar-refractivity contribution in [2.75, 3.05) is 0 Å². The smallest absolute Gasteiger partial charge is 0.261 e. The Kier molecular flexibility index (Phi) is 5.28. The molecule has 2 aromatic heterocycles. The molecule has 2 aromatic carbocycles. The van der Waals surface area contributed by atoms with E-state index in [4.69, 9.17) is 4.98 Å². The Bertz CT molecular complexity index is 1290. The second-order valence-electron chi connectivity index (χ2n) is 8.70. The van der Waals surface area contributed by atoms with Crippen LogP contribution in [0.3, 0.4) is 0 Å². The first-order valence-corrected chi connectivity index (χ1v) is 11.1. The van der Waals surface area contributed by atoms with Gasteiger partial charge in [-0.15, -0.1) is 0 Å². The number of hydrogen-bond donors (Lipinski definition) is 1. The van der Waals surface area contributed by atoms with Crippen LogP contribution in [0.1, 0.15) is 67.9 Å². The maximum Gasteiger partial charge on any atom is 0.261 e. The van der Waals surface area contributed by atoms with Crippen molar-refractivity contribution in [1.29, 1.82) is 0 Å². The Morgan fingerprint density at radius 3 is 2.58 bits per heavy atom. The molecule has 5 nitrogen and oxygen atoms in total. The third kappa shape index (κ3) is 3.74. The van der Waals surface area contributed by atoms with Crippen LogP contribution in [-0.4, -0.2) is 19.6 Å². The van der Waals surface area contributed by atoms with Gasteiger partial charge in [-0.25, -0.2) is 4.98 Å². The summed E-state index contributed by atoms with van der Waals surface area (Å²) in [5.41, 5.74) is 3.91. The minimum Gasteiger partial charge on any atom is -0.389 e. The summed E-state index contributed by atoms with van der Waals surface area (Å²) in [7, 11) is 0. The largest absolute Gasteiger partial charge is 0.389 e. The van der Waals surface area contributed by atoms with E-state index >= 15 is 0 Å². The lowest BCUT2D eigenvalue weighted by Crippen LogP contribution is -2.26. The molecule has 31 heavy (non-hydrogen) atoms. The van der Waals surface area contributed by atoms with E-state index in [1.807, 2.05) is 47.2 Å². The van der Waals surface area contributed by atoms with E-state index in [0.717, 1.165) is 45.8 Å². The quantitative estimate of drug-likeness (QED) is 0.473. The van der Waals surface area contributed by atoms with Gasteiger partial charge in [-0.05, 0) is 55.0 Å². The maximum atomic E-state index is 13.5.